The van der Waals surface area contributed by atoms with Crippen LogP contribution in [0.3, 0.4) is 0 Å². The second-order valence-corrected chi connectivity index (χ2v) is 7.44. The topological polar surface area (TPSA) is 61.2 Å². The lowest BCUT2D eigenvalue weighted by atomic mass is 10.2. The summed E-state index contributed by atoms with van der Waals surface area (Å²) in [7, 11) is -2.08. The SMILES string of the molecule is CC1CC1CN(C)S(=O)(=O)c1cc(C#N)ccc1Cl. The summed E-state index contributed by atoms with van der Waals surface area (Å²) in [6.07, 6.45) is 1.06. The molecule has 1 aliphatic carbocycles. The summed E-state index contributed by atoms with van der Waals surface area (Å²) < 4.78 is 26.2. The van der Waals surface area contributed by atoms with Crippen molar-refractivity contribution in [3.05, 3.63) is 28.8 Å². The minimum absolute atomic E-state index is 0.00372. The number of rotatable bonds is 4. The highest BCUT2D eigenvalue weighted by Crippen LogP contribution is 2.39. The van der Waals surface area contributed by atoms with Gasteiger partial charge in [0.15, 0.2) is 0 Å². The van der Waals surface area contributed by atoms with Crippen molar-refractivity contribution in [2.24, 2.45) is 11.8 Å². The van der Waals surface area contributed by atoms with Crippen molar-refractivity contribution in [2.45, 2.75) is 18.2 Å². The van der Waals surface area contributed by atoms with Gasteiger partial charge in [-0.25, -0.2) is 12.7 Å². The second kappa shape index (κ2) is 5.12. The molecule has 2 atom stereocenters. The predicted octanol–water partition coefficient (Wildman–Crippen LogP) is 2.49. The van der Waals surface area contributed by atoms with Crippen molar-refractivity contribution < 1.29 is 8.42 Å². The first-order valence-electron chi connectivity index (χ1n) is 6.02. The van der Waals surface area contributed by atoms with Crippen molar-refractivity contribution >= 4 is 21.6 Å². The van der Waals surface area contributed by atoms with Gasteiger partial charge < -0.3 is 0 Å². The van der Waals surface area contributed by atoms with Gasteiger partial charge in [-0.2, -0.15) is 5.26 Å². The summed E-state index contributed by atoms with van der Waals surface area (Å²) in [5.41, 5.74) is 0.288. The van der Waals surface area contributed by atoms with E-state index in [9.17, 15) is 8.42 Å². The zero-order chi connectivity index (χ0) is 14.2. The predicted molar refractivity (Wildman–Crippen MR) is 73.3 cm³/mol. The zero-order valence-electron chi connectivity index (χ0n) is 10.8. The molecule has 1 aromatic carbocycles. The number of benzene rings is 1. The molecule has 1 aliphatic rings. The van der Waals surface area contributed by atoms with Crippen LogP contribution in [0.4, 0.5) is 0 Å². The van der Waals surface area contributed by atoms with Gasteiger partial charge in [0.05, 0.1) is 16.7 Å². The van der Waals surface area contributed by atoms with E-state index in [4.69, 9.17) is 16.9 Å². The molecule has 0 aromatic heterocycles. The van der Waals surface area contributed by atoms with Crippen molar-refractivity contribution in [2.75, 3.05) is 13.6 Å². The molecule has 0 amide bonds. The number of nitriles is 1. The third-order valence-electron chi connectivity index (χ3n) is 3.52. The number of sulfonamides is 1. The molecule has 0 aliphatic heterocycles. The molecule has 0 spiro atoms. The summed E-state index contributed by atoms with van der Waals surface area (Å²) in [5, 5.41) is 8.99. The minimum Gasteiger partial charge on any atom is -0.207 e. The summed E-state index contributed by atoms with van der Waals surface area (Å²) in [6, 6.07) is 6.20. The van der Waals surface area contributed by atoms with Crippen molar-refractivity contribution in [3.8, 4) is 6.07 Å². The third-order valence-corrected chi connectivity index (χ3v) is 5.82. The number of nitrogens with zero attached hydrogens (tertiary/aromatic N) is 2. The molecule has 0 N–H and O–H groups in total. The van der Waals surface area contributed by atoms with E-state index in [0.29, 0.717) is 18.4 Å². The number of hydrogen-bond acceptors (Lipinski definition) is 3. The molecular formula is C13H15ClN2O2S. The van der Waals surface area contributed by atoms with Crippen LogP contribution in [0.25, 0.3) is 0 Å². The van der Waals surface area contributed by atoms with E-state index in [2.05, 4.69) is 6.92 Å². The Bertz CT molecular complexity index is 637. The highest BCUT2D eigenvalue weighted by molar-refractivity contribution is 7.89. The largest absolute Gasteiger partial charge is 0.244 e. The number of halogens is 1. The van der Waals surface area contributed by atoms with E-state index in [-0.39, 0.29) is 15.5 Å². The fourth-order valence-corrected chi connectivity index (χ4v) is 3.74. The Labute approximate surface area is 118 Å². The molecular weight excluding hydrogens is 284 g/mol. The van der Waals surface area contributed by atoms with Crippen LogP contribution < -0.4 is 0 Å². The first kappa shape index (κ1) is 14.3. The number of hydrogen-bond donors (Lipinski definition) is 0. The molecule has 0 bridgehead atoms. The average molecular weight is 299 g/mol. The maximum absolute atomic E-state index is 12.4. The van der Waals surface area contributed by atoms with Gasteiger partial charge in [0, 0.05) is 13.6 Å². The lowest BCUT2D eigenvalue weighted by Crippen LogP contribution is -2.29. The van der Waals surface area contributed by atoms with Crippen molar-refractivity contribution in [1.29, 1.82) is 5.26 Å². The van der Waals surface area contributed by atoms with Crippen molar-refractivity contribution in [3.63, 3.8) is 0 Å². The minimum atomic E-state index is -3.63. The first-order valence-corrected chi connectivity index (χ1v) is 7.84. The van der Waals surface area contributed by atoms with Gasteiger partial charge in [0.1, 0.15) is 4.90 Å². The van der Waals surface area contributed by atoms with Gasteiger partial charge in [0.25, 0.3) is 0 Å². The Kier molecular flexibility index (Phi) is 3.86. The maximum atomic E-state index is 12.4. The lowest BCUT2D eigenvalue weighted by Gasteiger charge is -2.18. The van der Waals surface area contributed by atoms with E-state index in [1.54, 1.807) is 7.05 Å². The molecule has 102 valence electrons. The van der Waals surface area contributed by atoms with Crippen LogP contribution in [0, 0.1) is 23.2 Å². The van der Waals surface area contributed by atoms with Crippen LogP contribution in [0.2, 0.25) is 5.02 Å². The van der Waals surface area contributed by atoms with E-state index < -0.39 is 10.0 Å². The molecule has 4 nitrogen and oxygen atoms in total. The summed E-state index contributed by atoms with van der Waals surface area (Å²) in [6.45, 7) is 2.60. The fourth-order valence-electron chi connectivity index (χ4n) is 2.02. The van der Waals surface area contributed by atoms with Gasteiger partial charge in [-0.05, 0) is 36.5 Å². The van der Waals surface area contributed by atoms with Crippen LogP contribution in [0.15, 0.2) is 23.1 Å². The molecule has 0 heterocycles. The maximum Gasteiger partial charge on any atom is 0.244 e. The van der Waals surface area contributed by atoms with Gasteiger partial charge in [-0.15, -0.1) is 0 Å². The molecule has 6 heteroatoms. The van der Waals surface area contributed by atoms with Crippen LogP contribution >= 0.6 is 11.6 Å². The quantitative estimate of drug-likeness (QED) is 0.858. The van der Waals surface area contributed by atoms with Gasteiger partial charge in [-0.3, -0.25) is 0 Å². The molecule has 2 unspecified atom stereocenters. The highest BCUT2D eigenvalue weighted by atomic mass is 35.5. The highest BCUT2D eigenvalue weighted by Gasteiger charge is 2.36. The van der Waals surface area contributed by atoms with E-state index >= 15 is 0 Å². The van der Waals surface area contributed by atoms with E-state index in [1.807, 2.05) is 6.07 Å². The van der Waals surface area contributed by atoms with Crippen molar-refractivity contribution in [1.82, 2.24) is 4.31 Å². The normalized spacial score (nSPS) is 22.3. The summed E-state index contributed by atoms with van der Waals surface area (Å²) in [5.74, 6) is 1.01. The fraction of sp³-hybridized carbons (Fsp3) is 0.462. The summed E-state index contributed by atoms with van der Waals surface area (Å²) in [4.78, 5) is 0.00372. The molecule has 1 aromatic rings. The molecule has 0 radical (unpaired) electrons. The lowest BCUT2D eigenvalue weighted by molar-refractivity contribution is 0.445. The van der Waals surface area contributed by atoms with Gasteiger partial charge in [-0.1, -0.05) is 18.5 Å². The van der Waals surface area contributed by atoms with Crippen LogP contribution in [-0.2, 0) is 10.0 Å². The smallest absolute Gasteiger partial charge is 0.207 e. The Hall–Kier alpha value is -1.09. The van der Waals surface area contributed by atoms with Crippen LogP contribution in [0.1, 0.15) is 18.9 Å². The average Bonchev–Trinajstić information content (AvgIpc) is 3.05. The second-order valence-electron chi connectivity index (χ2n) is 5.02. The van der Waals surface area contributed by atoms with Crippen LogP contribution in [-0.4, -0.2) is 26.3 Å². The first-order chi connectivity index (χ1) is 8.86. The Morgan fingerprint density at radius 2 is 2.16 bits per heavy atom. The Morgan fingerprint density at radius 1 is 1.53 bits per heavy atom. The monoisotopic (exact) mass is 298 g/mol. The van der Waals surface area contributed by atoms with Gasteiger partial charge in [0.2, 0.25) is 10.0 Å². The molecule has 0 saturated heterocycles. The molecule has 1 fully saturated rings. The van der Waals surface area contributed by atoms with E-state index in [0.717, 1.165) is 6.42 Å². The zero-order valence-corrected chi connectivity index (χ0v) is 12.4. The van der Waals surface area contributed by atoms with Gasteiger partial charge >= 0.3 is 0 Å². The molecule has 2 rings (SSSR count). The third kappa shape index (κ3) is 2.92. The Balaban J connectivity index is 2.30. The van der Waals surface area contributed by atoms with E-state index in [1.165, 1.54) is 22.5 Å². The molecule has 19 heavy (non-hydrogen) atoms. The molecule has 1 saturated carbocycles. The summed E-state index contributed by atoms with van der Waals surface area (Å²) >= 11 is 5.95. The van der Waals surface area contributed by atoms with Crippen LogP contribution in [0.5, 0.6) is 0 Å². The Morgan fingerprint density at radius 3 is 2.68 bits per heavy atom. The standard InChI is InChI=1S/C13H15ClN2O2S/c1-9-5-11(9)8-16(2)19(17,18)13-6-10(7-15)3-4-12(13)14/h3-4,6,9,11H,5,8H2,1-2H3.